The molecule has 3 aromatic carbocycles. The summed E-state index contributed by atoms with van der Waals surface area (Å²) in [6.07, 6.45) is 0.535. The van der Waals surface area contributed by atoms with Gasteiger partial charge in [-0.15, -0.1) is 0 Å². The molecule has 1 aliphatic rings. The van der Waals surface area contributed by atoms with Crippen molar-refractivity contribution in [1.82, 2.24) is 0 Å². The Morgan fingerprint density at radius 1 is 1.07 bits per heavy atom. The van der Waals surface area contributed by atoms with Gasteiger partial charge in [0.25, 0.3) is 15.9 Å². The van der Waals surface area contributed by atoms with Crippen LogP contribution in [0.4, 0.5) is 11.4 Å². The zero-order valence-electron chi connectivity index (χ0n) is 16.6. The van der Waals surface area contributed by atoms with Crippen molar-refractivity contribution in [3.05, 3.63) is 88.4 Å². The smallest absolute Gasteiger partial charge is 0.264 e. The van der Waals surface area contributed by atoms with Crippen LogP contribution in [-0.4, -0.2) is 20.4 Å². The number of para-hydroxylation sites is 1. The van der Waals surface area contributed by atoms with Gasteiger partial charge in [-0.3, -0.25) is 9.10 Å². The van der Waals surface area contributed by atoms with Crippen LogP contribution in [0.1, 0.15) is 28.4 Å². The molecule has 0 aromatic heterocycles. The van der Waals surface area contributed by atoms with E-state index in [1.54, 1.807) is 30.3 Å². The normalized spacial score (nSPS) is 15.7. The average Bonchev–Trinajstić information content (AvgIpc) is 3.05. The fraction of sp³-hybridized carbons (Fsp3) is 0.174. The van der Waals surface area contributed by atoms with Gasteiger partial charge in [0.05, 0.1) is 10.6 Å². The lowest BCUT2D eigenvalue weighted by Crippen LogP contribution is -2.35. The Bertz CT molecular complexity index is 1220. The lowest BCUT2D eigenvalue weighted by Gasteiger charge is -2.24. The monoisotopic (exact) mass is 440 g/mol. The van der Waals surface area contributed by atoms with Crippen LogP contribution in [0, 0.1) is 6.92 Å². The Kier molecular flexibility index (Phi) is 5.30. The Labute approximate surface area is 181 Å². The molecule has 3 aromatic rings. The van der Waals surface area contributed by atoms with Gasteiger partial charge < -0.3 is 5.32 Å². The number of anilines is 2. The summed E-state index contributed by atoms with van der Waals surface area (Å²) in [7, 11) is -3.73. The minimum absolute atomic E-state index is 0.188. The average molecular weight is 441 g/mol. The van der Waals surface area contributed by atoms with Crippen molar-refractivity contribution < 1.29 is 13.2 Å². The zero-order chi connectivity index (χ0) is 21.5. The fourth-order valence-corrected chi connectivity index (χ4v) is 5.56. The van der Waals surface area contributed by atoms with Gasteiger partial charge in [0.1, 0.15) is 0 Å². The first-order valence-corrected chi connectivity index (χ1v) is 11.4. The standard InChI is InChI=1S/C23H21ClN2O3S/c1-15-5-3-4-6-21(15)25-23(27)17-7-12-22-18(14-17)13-16(2)26(22)30(28,29)20-10-8-19(24)9-11-20/h3-12,14,16H,13H2,1-2H3,(H,25,27)/t16-/m1/s1. The summed E-state index contributed by atoms with van der Waals surface area (Å²) in [5.74, 6) is -0.223. The minimum Gasteiger partial charge on any atom is -0.322 e. The van der Waals surface area contributed by atoms with E-state index in [9.17, 15) is 13.2 Å². The molecule has 0 saturated carbocycles. The number of rotatable bonds is 4. The maximum absolute atomic E-state index is 13.2. The van der Waals surface area contributed by atoms with Gasteiger partial charge in [0, 0.05) is 22.3 Å². The minimum atomic E-state index is -3.73. The molecule has 0 aliphatic carbocycles. The molecule has 0 spiro atoms. The van der Waals surface area contributed by atoms with E-state index >= 15 is 0 Å². The summed E-state index contributed by atoms with van der Waals surface area (Å²) in [6.45, 7) is 3.79. The maximum atomic E-state index is 13.2. The number of sulfonamides is 1. The highest BCUT2D eigenvalue weighted by Gasteiger charge is 2.36. The Balaban J connectivity index is 1.64. The van der Waals surface area contributed by atoms with E-state index in [0.29, 0.717) is 22.7 Å². The van der Waals surface area contributed by atoms with Gasteiger partial charge in [-0.2, -0.15) is 0 Å². The summed E-state index contributed by atoms with van der Waals surface area (Å²) >= 11 is 5.90. The summed E-state index contributed by atoms with van der Waals surface area (Å²) in [6, 6.07) is 18.6. The van der Waals surface area contributed by atoms with Gasteiger partial charge in [-0.1, -0.05) is 29.8 Å². The number of benzene rings is 3. The fourth-order valence-electron chi connectivity index (χ4n) is 3.74. The van der Waals surface area contributed by atoms with E-state index in [0.717, 1.165) is 16.8 Å². The van der Waals surface area contributed by atoms with Crippen LogP contribution in [-0.2, 0) is 16.4 Å². The topological polar surface area (TPSA) is 66.5 Å². The highest BCUT2D eigenvalue weighted by molar-refractivity contribution is 7.92. The van der Waals surface area contributed by atoms with Gasteiger partial charge in [-0.25, -0.2) is 8.42 Å². The highest BCUT2D eigenvalue weighted by Crippen LogP contribution is 2.37. The van der Waals surface area contributed by atoms with Crippen molar-refractivity contribution in [3.8, 4) is 0 Å². The van der Waals surface area contributed by atoms with E-state index in [2.05, 4.69) is 5.32 Å². The Hall–Kier alpha value is -2.83. The van der Waals surface area contributed by atoms with Gasteiger partial charge in [0.2, 0.25) is 0 Å². The number of halogens is 1. The second-order valence-corrected chi connectivity index (χ2v) is 9.67. The van der Waals surface area contributed by atoms with Crippen LogP contribution >= 0.6 is 11.6 Å². The van der Waals surface area contributed by atoms with Crippen LogP contribution < -0.4 is 9.62 Å². The molecule has 7 heteroatoms. The van der Waals surface area contributed by atoms with Crippen LogP contribution in [0.25, 0.3) is 0 Å². The second-order valence-electron chi connectivity index (χ2n) is 7.42. The van der Waals surface area contributed by atoms with E-state index in [4.69, 9.17) is 11.6 Å². The number of nitrogens with one attached hydrogen (secondary N) is 1. The molecule has 1 aliphatic heterocycles. The summed E-state index contributed by atoms with van der Waals surface area (Å²) < 4.78 is 27.9. The lowest BCUT2D eigenvalue weighted by molar-refractivity contribution is 0.102. The van der Waals surface area contributed by atoms with Crippen molar-refractivity contribution >= 4 is 38.9 Å². The van der Waals surface area contributed by atoms with Crippen LogP contribution in [0.15, 0.2) is 71.6 Å². The molecule has 1 heterocycles. The molecule has 0 fully saturated rings. The first-order valence-electron chi connectivity index (χ1n) is 9.57. The number of aryl methyl sites for hydroxylation is 1. The van der Waals surface area contributed by atoms with Crippen LogP contribution in [0.2, 0.25) is 5.02 Å². The van der Waals surface area contributed by atoms with Gasteiger partial charge in [0.15, 0.2) is 0 Å². The quantitative estimate of drug-likeness (QED) is 0.618. The molecular formula is C23H21ClN2O3S. The molecule has 0 radical (unpaired) electrons. The lowest BCUT2D eigenvalue weighted by atomic mass is 10.1. The molecule has 30 heavy (non-hydrogen) atoms. The number of nitrogens with zero attached hydrogens (tertiary/aromatic N) is 1. The Morgan fingerprint density at radius 2 is 1.77 bits per heavy atom. The molecule has 0 bridgehead atoms. The third kappa shape index (κ3) is 3.68. The Morgan fingerprint density at radius 3 is 2.47 bits per heavy atom. The van der Waals surface area contributed by atoms with E-state index < -0.39 is 10.0 Å². The predicted octanol–water partition coefficient (Wildman–Crippen LogP) is 5.04. The second kappa shape index (κ2) is 7.78. The molecular weight excluding hydrogens is 420 g/mol. The van der Waals surface area contributed by atoms with Crippen molar-refractivity contribution in [2.24, 2.45) is 0 Å². The predicted molar refractivity (Wildman–Crippen MR) is 120 cm³/mol. The van der Waals surface area contributed by atoms with E-state index in [1.807, 2.05) is 38.1 Å². The SMILES string of the molecule is Cc1ccccc1NC(=O)c1ccc2c(c1)C[C@@H](C)N2S(=O)(=O)c1ccc(Cl)cc1. The van der Waals surface area contributed by atoms with Crippen LogP contribution in [0.5, 0.6) is 0 Å². The molecule has 154 valence electrons. The van der Waals surface area contributed by atoms with Crippen molar-refractivity contribution in [2.45, 2.75) is 31.2 Å². The summed E-state index contributed by atoms with van der Waals surface area (Å²) in [5.41, 5.74) is 3.65. The van der Waals surface area contributed by atoms with E-state index in [1.165, 1.54) is 16.4 Å². The largest absolute Gasteiger partial charge is 0.322 e. The number of fused-ring (bicyclic) bond motifs is 1. The molecule has 0 saturated heterocycles. The third-order valence-corrected chi connectivity index (χ3v) is 7.45. The molecule has 0 unspecified atom stereocenters. The number of carbonyl (C=O) groups excluding carboxylic acids is 1. The van der Waals surface area contributed by atoms with Gasteiger partial charge in [-0.05, 0) is 79.9 Å². The summed E-state index contributed by atoms with van der Waals surface area (Å²) in [4.78, 5) is 12.9. The number of carbonyl (C=O) groups is 1. The van der Waals surface area contributed by atoms with Gasteiger partial charge >= 0.3 is 0 Å². The zero-order valence-corrected chi connectivity index (χ0v) is 18.2. The van der Waals surface area contributed by atoms with E-state index in [-0.39, 0.29) is 16.8 Å². The van der Waals surface area contributed by atoms with Crippen molar-refractivity contribution in [3.63, 3.8) is 0 Å². The molecule has 1 atom stereocenters. The molecule has 1 amide bonds. The molecule has 1 N–H and O–H groups in total. The number of hydrogen-bond donors (Lipinski definition) is 1. The maximum Gasteiger partial charge on any atom is 0.264 e. The highest BCUT2D eigenvalue weighted by atomic mass is 35.5. The number of hydrogen-bond acceptors (Lipinski definition) is 3. The van der Waals surface area contributed by atoms with Crippen molar-refractivity contribution in [2.75, 3.05) is 9.62 Å². The first-order chi connectivity index (χ1) is 14.3. The first kappa shape index (κ1) is 20.4. The number of amides is 1. The third-order valence-electron chi connectivity index (χ3n) is 5.26. The van der Waals surface area contributed by atoms with Crippen LogP contribution in [0.3, 0.4) is 0 Å². The van der Waals surface area contributed by atoms with Crippen molar-refractivity contribution in [1.29, 1.82) is 0 Å². The summed E-state index contributed by atoms with van der Waals surface area (Å²) in [5, 5.41) is 3.40. The molecule has 5 nitrogen and oxygen atoms in total. The molecule has 4 rings (SSSR count).